The van der Waals surface area contributed by atoms with Gasteiger partial charge in [-0.1, -0.05) is 11.6 Å². The highest BCUT2D eigenvalue weighted by Gasteiger charge is 2.18. The summed E-state index contributed by atoms with van der Waals surface area (Å²) in [5.41, 5.74) is 4.07. The van der Waals surface area contributed by atoms with Crippen LogP contribution in [0.5, 0.6) is 17.2 Å². The quantitative estimate of drug-likeness (QED) is 0.529. The van der Waals surface area contributed by atoms with Crippen LogP contribution in [0.1, 0.15) is 10.4 Å². The van der Waals surface area contributed by atoms with Crippen LogP contribution in [0.2, 0.25) is 5.02 Å². The number of nitrogens with one attached hydrogen (secondary N) is 2. The number of nitro groups is 1. The lowest BCUT2D eigenvalue weighted by Gasteiger charge is -2.11. The molecule has 0 bridgehead atoms. The van der Waals surface area contributed by atoms with Crippen molar-refractivity contribution in [1.82, 2.24) is 10.9 Å². The first-order chi connectivity index (χ1) is 13.3. The fourth-order valence-electron chi connectivity index (χ4n) is 2.12. The minimum Gasteiger partial charge on any atom is -0.496 e. The Bertz CT molecular complexity index is 904. The predicted molar refractivity (Wildman–Crippen MR) is 98.8 cm³/mol. The molecular formula is C17H16ClN3O7. The first-order valence-corrected chi connectivity index (χ1v) is 8.11. The van der Waals surface area contributed by atoms with Crippen LogP contribution in [-0.2, 0) is 4.79 Å². The molecule has 0 radical (unpaired) electrons. The number of hydrogen-bond donors (Lipinski definition) is 2. The van der Waals surface area contributed by atoms with Crippen LogP contribution in [0.4, 0.5) is 5.69 Å². The van der Waals surface area contributed by atoms with Gasteiger partial charge in [0.05, 0.1) is 30.8 Å². The SMILES string of the molecule is COc1ccc(OCC(=O)NNC(=O)c2cc(Cl)ccc2OC)c([N+](=O)[O-])c1. The largest absolute Gasteiger partial charge is 0.496 e. The molecule has 2 N–H and O–H groups in total. The maximum absolute atomic E-state index is 12.2. The van der Waals surface area contributed by atoms with Crippen LogP contribution in [0.15, 0.2) is 36.4 Å². The van der Waals surface area contributed by atoms with Crippen molar-refractivity contribution in [2.24, 2.45) is 0 Å². The highest BCUT2D eigenvalue weighted by molar-refractivity contribution is 6.31. The summed E-state index contributed by atoms with van der Waals surface area (Å²) in [6, 6.07) is 8.35. The molecule has 0 saturated carbocycles. The molecule has 2 aromatic rings. The highest BCUT2D eigenvalue weighted by atomic mass is 35.5. The van der Waals surface area contributed by atoms with E-state index in [2.05, 4.69) is 10.9 Å². The molecular weight excluding hydrogens is 394 g/mol. The van der Waals surface area contributed by atoms with Crippen molar-refractivity contribution in [2.45, 2.75) is 0 Å². The van der Waals surface area contributed by atoms with Crippen molar-refractivity contribution in [2.75, 3.05) is 20.8 Å². The summed E-state index contributed by atoms with van der Waals surface area (Å²) in [4.78, 5) is 34.5. The standard InChI is InChI=1S/C17H16ClN3O7/c1-26-11-4-6-15(13(8-11)21(24)25)28-9-16(22)19-20-17(23)12-7-10(18)3-5-14(12)27-2/h3-8H,9H2,1-2H3,(H,19,22)(H,20,23). The van der Waals surface area contributed by atoms with E-state index < -0.39 is 23.3 Å². The Hall–Kier alpha value is -3.53. The summed E-state index contributed by atoms with van der Waals surface area (Å²) >= 11 is 5.85. The molecule has 0 aliphatic carbocycles. The van der Waals surface area contributed by atoms with E-state index in [-0.39, 0.29) is 28.5 Å². The fourth-order valence-corrected chi connectivity index (χ4v) is 2.29. The number of nitrogens with zero attached hydrogens (tertiary/aromatic N) is 1. The third kappa shape index (κ3) is 5.24. The van der Waals surface area contributed by atoms with Crippen molar-refractivity contribution >= 4 is 29.1 Å². The number of halogens is 1. The zero-order valence-electron chi connectivity index (χ0n) is 14.9. The van der Waals surface area contributed by atoms with E-state index in [1.165, 1.54) is 44.6 Å². The molecule has 0 atom stereocenters. The number of hydrogen-bond acceptors (Lipinski definition) is 7. The number of ether oxygens (including phenoxy) is 3. The van der Waals surface area contributed by atoms with Gasteiger partial charge in [-0.2, -0.15) is 0 Å². The Morgan fingerprint density at radius 1 is 1.07 bits per heavy atom. The second-order valence-electron chi connectivity index (χ2n) is 5.23. The van der Waals surface area contributed by atoms with Crippen LogP contribution < -0.4 is 25.1 Å². The monoisotopic (exact) mass is 409 g/mol. The number of methoxy groups -OCH3 is 2. The third-order valence-electron chi connectivity index (χ3n) is 3.44. The average molecular weight is 410 g/mol. The fraction of sp³-hybridized carbons (Fsp3) is 0.176. The second kappa shape index (κ2) is 9.42. The lowest BCUT2D eigenvalue weighted by molar-refractivity contribution is -0.385. The molecule has 0 aliphatic rings. The second-order valence-corrected chi connectivity index (χ2v) is 5.66. The van der Waals surface area contributed by atoms with E-state index in [4.69, 9.17) is 25.8 Å². The highest BCUT2D eigenvalue weighted by Crippen LogP contribution is 2.30. The first kappa shape index (κ1) is 20.8. The Balaban J connectivity index is 1.96. The van der Waals surface area contributed by atoms with Gasteiger partial charge >= 0.3 is 5.69 Å². The first-order valence-electron chi connectivity index (χ1n) is 7.73. The van der Waals surface area contributed by atoms with E-state index in [1.807, 2.05) is 0 Å². The predicted octanol–water partition coefficient (Wildman–Crippen LogP) is 2.11. The van der Waals surface area contributed by atoms with E-state index >= 15 is 0 Å². The number of carbonyl (C=O) groups excluding carboxylic acids is 2. The lowest BCUT2D eigenvalue weighted by Crippen LogP contribution is -2.43. The number of amides is 2. The molecule has 0 heterocycles. The molecule has 0 unspecified atom stereocenters. The maximum Gasteiger partial charge on any atom is 0.314 e. The van der Waals surface area contributed by atoms with E-state index in [0.29, 0.717) is 5.02 Å². The molecule has 148 valence electrons. The van der Waals surface area contributed by atoms with Crippen molar-refractivity contribution in [3.8, 4) is 17.2 Å². The van der Waals surface area contributed by atoms with Gasteiger partial charge in [-0.05, 0) is 30.3 Å². The third-order valence-corrected chi connectivity index (χ3v) is 3.68. The smallest absolute Gasteiger partial charge is 0.314 e. The number of nitro benzene ring substituents is 1. The van der Waals surface area contributed by atoms with Crippen LogP contribution in [0.25, 0.3) is 0 Å². The van der Waals surface area contributed by atoms with Crippen LogP contribution in [0, 0.1) is 10.1 Å². The zero-order chi connectivity index (χ0) is 20.7. The molecule has 28 heavy (non-hydrogen) atoms. The Labute approximate surface area is 164 Å². The topological polar surface area (TPSA) is 129 Å². The molecule has 2 amide bonds. The van der Waals surface area contributed by atoms with Gasteiger partial charge in [0, 0.05) is 5.02 Å². The van der Waals surface area contributed by atoms with Gasteiger partial charge in [0.2, 0.25) is 0 Å². The van der Waals surface area contributed by atoms with Gasteiger partial charge in [0.15, 0.2) is 12.4 Å². The van der Waals surface area contributed by atoms with Crippen LogP contribution >= 0.6 is 11.6 Å². The normalized spacial score (nSPS) is 9.96. The molecule has 0 aromatic heterocycles. The molecule has 11 heteroatoms. The minimum atomic E-state index is -0.737. The van der Waals surface area contributed by atoms with Crippen molar-refractivity contribution in [3.63, 3.8) is 0 Å². The summed E-state index contributed by atoms with van der Waals surface area (Å²) in [5.74, 6) is -0.987. The van der Waals surface area contributed by atoms with Gasteiger partial charge in [-0.25, -0.2) is 0 Å². The van der Waals surface area contributed by atoms with Gasteiger partial charge in [-0.15, -0.1) is 0 Å². The Morgan fingerprint density at radius 2 is 1.79 bits per heavy atom. The summed E-state index contributed by atoms with van der Waals surface area (Å²) in [6.45, 7) is -0.569. The van der Waals surface area contributed by atoms with Gasteiger partial charge in [0.25, 0.3) is 11.8 Å². The molecule has 2 aromatic carbocycles. The summed E-state index contributed by atoms with van der Waals surface area (Å²) in [7, 11) is 2.75. The molecule has 0 fully saturated rings. The number of benzene rings is 2. The molecule has 0 aliphatic heterocycles. The van der Waals surface area contributed by atoms with E-state index in [1.54, 1.807) is 6.07 Å². The maximum atomic E-state index is 12.2. The number of hydrazine groups is 1. The Morgan fingerprint density at radius 3 is 2.43 bits per heavy atom. The van der Waals surface area contributed by atoms with Crippen molar-refractivity contribution in [3.05, 3.63) is 57.1 Å². The summed E-state index contributed by atoms with van der Waals surface area (Å²) in [5, 5.41) is 11.4. The average Bonchev–Trinajstić information content (AvgIpc) is 2.70. The van der Waals surface area contributed by atoms with E-state index in [0.717, 1.165) is 0 Å². The van der Waals surface area contributed by atoms with Gasteiger partial charge in [0.1, 0.15) is 11.5 Å². The minimum absolute atomic E-state index is 0.113. The van der Waals surface area contributed by atoms with Crippen LogP contribution in [-0.4, -0.2) is 37.6 Å². The van der Waals surface area contributed by atoms with E-state index in [9.17, 15) is 19.7 Å². The number of carbonyl (C=O) groups is 2. The van der Waals surface area contributed by atoms with Gasteiger partial charge in [-0.3, -0.25) is 30.6 Å². The number of rotatable bonds is 7. The summed E-state index contributed by atoms with van der Waals surface area (Å²) in [6.07, 6.45) is 0. The Kier molecular flexibility index (Phi) is 6.99. The zero-order valence-corrected chi connectivity index (χ0v) is 15.6. The van der Waals surface area contributed by atoms with Crippen molar-refractivity contribution < 1.29 is 28.7 Å². The molecule has 2 rings (SSSR count). The van der Waals surface area contributed by atoms with Crippen molar-refractivity contribution in [1.29, 1.82) is 0 Å². The lowest BCUT2D eigenvalue weighted by atomic mass is 10.2. The molecule has 0 saturated heterocycles. The van der Waals surface area contributed by atoms with Gasteiger partial charge < -0.3 is 14.2 Å². The summed E-state index contributed by atoms with van der Waals surface area (Å²) < 4.78 is 15.1. The molecule has 10 nitrogen and oxygen atoms in total. The van der Waals surface area contributed by atoms with Crippen LogP contribution in [0.3, 0.4) is 0 Å². The molecule has 0 spiro atoms.